The van der Waals surface area contributed by atoms with Crippen molar-refractivity contribution in [1.29, 1.82) is 0 Å². The molecule has 0 heterocycles. The molecular formula is C28H44O. The van der Waals surface area contributed by atoms with Crippen molar-refractivity contribution in [2.24, 2.45) is 35.0 Å². The maximum absolute atomic E-state index is 10.0. The second kappa shape index (κ2) is 9.38. The van der Waals surface area contributed by atoms with Gasteiger partial charge in [-0.1, -0.05) is 76.6 Å². The molecule has 0 saturated heterocycles. The third-order valence-electron chi connectivity index (χ3n) is 8.63. The van der Waals surface area contributed by atoms with E-state index in [0.29, 0.717) is 17.3 Å². The van der Waals surface area contributed by atoms with E-state index in [0.717, 1.165) is 37.0 Å². The predicted molar refractivity (Wildman–Crippen MR) is 126 cm³/mol. The van der Waals surface area contributed by atoms with Gasteiger partial charge >= 0.3 is 0 Å². The van der Waals surface area contributed by atoms with E-state index in [2.05, 4.69) is 65.5 Å². The van der Waals surface area contributed by atoms with Crippen molar-refractivity contribution in [2.45, 2.75) is 92.1 Å². The fraction of sp³-hybridized carbons (Fsp3) is 0.714. The minimum absolute atomic E-state index is 0.182. The van der Waals surface area contributed by atoms with Crippen LogP contribution in [0.2, 0.25) is 0 Å². The zero-order valence-electron chi connectivity index (χ0n) is 19.6. The Hall–Kier alpha value is -1.08. The van der Waals surface area contributed by atoms with E-state index in [1.54, 1.807) is 5.57 Å². The summed E-state index contributed by atoms with van der Waals surface area (Å²) in [6.45, 7) is 16.3. The smallest absolute Gasteiger partial charge is 0.0583 e. The quantitative estimate of drug-likeness (QED) is 0.473. The minimum atomic E-state index is -0.182. The SMILES string of the molecule is C=C1CCC(O)C/C1=C\C=C1/CCCC2(C)C1CCC2C(C)C=CC(C)C(C)C. The van der Waals surface area contributed by atoms with Crippen molar-refractivity contribution in [3.05, 3.63) is 47.6 Å². The molecule has 1 nitrogen and oxygen atoms in total. The van der Waals surface area contributed by atoms with Crippen LogP contribution in [0.1, 0.15) is 86.0 Å². The predicted octanol–water partition coefficient (Wildman–Crippen LogP) is 7.64. The zero-order chi connectivity index (χ0) is 21.2. The van der Waals surface area contributed by atoms with Gasteiger partial charge in [0.1, 0.15) is 0 Å². The third-order valence-corrected chi connectivity index (χ3v) is 8.63. The summed E-state index contributed by atoms with van der Waals surface area (Å²) in [4.78, 5) is 0. The first-order valence-electron chi connectivity index (χ1n) is 12.2. The van der Waals surface area contributed by atoms with Crippen molar-refractivity contribution in [3.63, 3.8) is 0 Å². The Morgan fingerprint density at radius 1 is 1.03 bits per heavy atom. The van der Waals surface area contributed by atoms with Crippen LogP contribution in [-0.4, -0.2) is 11.2 Å². The highest BCUT2D eigenvalue weighted by molar-refractivity contribution is 5.36. The molecule has 0 radical (unpaired) electrons. The van der Waals surface area contributed by atoms with Crippen LogP contribution in [0, 0.1) is 35.0 Å². The van der Waals surface area contributed by atoms with Crippen molar-refractivity contribution < 1.29 is 5.11 Å². The average molecular weight is 397 g/mol. The molecule has 6 unspecified atom stereocenters. The minimum Gasteiger partial charge on any atom is -0.393 e. The van der Waals surface area contributed by atoms with Gasteiger partial charge in [-0.2, -0.15) is 0 Å². The van der Waals surface area contributed by atoms with Crippen LogP contribution in [0.25, 0.3) is 0 Å². The summed E-state index contributed by atoms with van der Waals surface area (Å²) in [5.41, 5.74) is 4.61. The molecule has 0 spiro atoms. The lowest BCUT2D eigenvalue weighted by Gasteiger charge is -2.44. The highest BCUT2D eigenvalue weighted by Crippen LogP contribution is 2.59. The Bertz CT molecular complexity index is 678. The molecule has 0 aromatic rings. The standard InChI is InChI=1S/C28H44O/c1-19(2)20(3)9-10-22(5)26-15-16-27-23(8-7-17-28(26,27)6)12-13-24-18-25(29)14-11-21(24)4/h9-10,12-13,19-20,22,25-27,29H,4,7-8,11,14-18H2,1-3,5-6H3/b10-9?,23-12+,24-13+. The van der Waals surface area contributed by atoms with Gasteiger partial charge in [-0.05, 0) is 91.9 Å². The summed E-state index contributed by atoms with van der Waals surface area (Å²) >= 11 is 0. The fourth-order valence-corrected chi connectivity index (χ4v) is 6.25. The van der Waals surface area contributed by atoms with E-state index in [1.165, 1.54) is 43.3 Å². The second-order valence-electron chi connectivity index (χ2n) is 10.9. The molecule has 162 valence electrons. The van der Waals surface area contributed by atoms with Crippen LogP contribution < -0.4 is 0 Å². The largest absolute Gasteiger partial charge is 0.393 e. The van der Waals surface area contributed by atoms with E-state index in [1.807, 2.05) is 0 Å². The van der Waals surface area contributed by atoms with Crippen molar-refractivity contribution in [3.8, 4) is 0 Å². The first kappa shape index (κ1) is 22.6. The summed E-state index contributed by atoms with van der Waals surface area (Å²) in [7, 11) is 0. The summed E-state index contributed by atoms with van der Waals surface area (Å²) in [6, 6.07) is 0. The van der Waals surface area contributed by atoms with Crippen LogP contribution in [0.4, 0.5) is 0 Å². The monoisotopic (exact) mass is 396 g/mol. The molecule has 29 heavy (non-hydrogen) atoms. The molecule has 3 rings (SSSR count). The molecule has 3 fully saturated rings. The summed E-state index contributed by atoms with van der Waals surface area (Å²) in [5.74, 6) is 3.58. The Kier molecular flexibility index (Phi) is 7.31. The van der Waals surface area contributed by atoms with Crippen LogP contribution in [0.5, 0.6) is 0 Å². The molecule has 1 heteroatoms. The molecular weight excluding hydrogens is 352 g/mol. The maximum atomic E-state index is 10.0. The van der Waals surface area contributed by atoms with Crippen LogP contribution in [0.3, 0.4) is 0 Å². The normalized spacial score (nSPS) is 38.2. The van der Waals surface area contributed by atoms with Gasteiger partial charge in [0, 0.05) is 0 Å². The van der Waals surface area contributed by atoms with Crippen LogP contribution in [-0.2, 0) is 0 Å². The van der Waals surface area contributed by atoms with Gasteiger partial charge < -0.3 is 5.11 Å². The van der Waals surface area contributed by atoms with E-state index < -0.39 is 0 Å². The number of allylic oxidation sites excluding steroid dienone is 6. The average Bonchev–Trinajstić information content (AvgIpc) is 3.04. The molecule has 0 bridgehead atoms. The van der Waals surface area contributed by atoms with E-state index in [-0.39, 0.29) is 6.10 Å². The molecule has 0 aromatic carbocycles. The number of rotatable bonds is 5. The van der Waals surface area contributed by atoms with Crippen molar-refractivity contribution in [2.75, 3.05) is 0 Å². The number of fused-ring (bicyclic) bond motifs is 1. The van der Waals surface area contributed by atoms with Gasteiger partial charge in [-0.15, -0.1) is 0 Å². The van der Waals surface area contributed by atoms with Gasteiger partial charge in [0.05, 0.1) is 6.10 Å². The third kappa shape index (κ3) is 4.98. The van der Waals surface area contributed by atoms with E-state index in [9.17, 15) is 5.11 Å². The Morgan fingerprint density at radius 2 is 1.79 bits per heavy atom. The molecule has 0 aromatic heterocycles. The summed E-state index contributed by atoms with van der Waals surface area (Å²) in [6.07, 6.45) is 18.8. The van der Waals surface area contributed by atoms with Gasteiger partial charge in [0.15, 0.2) is 0 Å². The molecule has 1 N–H and O–H groups in total. The van der Waals surface area contributed by atoms with Crippen molar-refractivity contribution >= 4 is 0 Å². The highest BCUT2D eigenvalue weighted by atomic mass is 16.3. The number of hydrogen-bond donors (Lipinski definition) is 1. The van der Waals surface area contributed by atoms with Gasteiger partial charge in [0.2, 0.25) is 0 Å². The maximum Gasteiger partial charge on any atom is 0.0583 e. The van der Waals surface area contributed by atoms with Gasteiger partial charge in [0.25, 0.3) is 0 Å². The number of aliphatic hydroxyl groups excluding tert-OH is 1. The summed E-state index contributed by atoms with van der Waals surface area (Å²) < 4.78 is 0. The molecule has 6 atom stereocenters. The van der Waals surface area contributed by atoms with Gasteiger partial charge in [-0.25, -0.2) is 0 Å². The topological polar surface area (TPSA) is 20.2 Å². The Labute approximate surface area is 180 Å². The van der Waals surface area contributed by atoms with Crippen LogP contribution in [0.15, 0.2) is 47.6 Å². The van der Waals surface area contributed by atoms with Crippen molar-refractivity contribution in [1.82, 2.24) is 0 Å². The first-order chi connectivity index (χ1) is 13.7. The van der Waals surface area contributed by atoms with Crippen LogP contribution >= 0.6 is 0 Å². The molecule has 0 amide bonds. The van der Waals surface area contributed by atoms with Gasteiger partial charge in [-0.3, -0.25) is 0 Å². The number of hydrogen-bond acceptors (Lipinski definition) is 1. The Morgan fingerprint density at radius 3 is 2.52 bits per heavy atom. The lowest BCUT2D eigenvalue weighted by Crippen LogP contribution is -2.35. The van der Waals surface area contributed by atoms with E-state index in [4.69, 9.17) is 0 Å². The fourth-order valence-electron chi connectivity index (χ4n) is 6.25. The molecule has 3 aliphatic rings. The first-order valence-corrected chi connectivity index (χ1v) is 12.2. The second-order valence-corrected chi connectivity index (χ2v) is 10.9. The lowest BCUT2D eigenvalue weighted by atomic mass is 9.61. The highest BCUT2D eigenvalue weighted by Gasteiger charge is 2.50. The lowest BCUT2D eigenvalue weighted by molar-refractivity contribution is 0.112. The zero-order valence-corrected chi connectivity index (χ0v) is 19.6. The van der Waals surface area contributed by atoms with E-state index >= 15 is 0 Å². The molecule has 3 aliphatic carbocycles. The Balaban J connectivity index is 1.75. The summed E-state index contributed by atoms with van der Waals surface area (Å²) in [5, 5.41) is 10.0. The molecule has 0 aliphatic heterocycles. The molecule has 3 saturated carbocycles. The number of aliphatic hydroxyl groups is 1.